The second-order valence-corrected chi connectivity index (χ2v) is 31.0. The second-order valence-electron chi connectivity index (χ2n) is 27.7. The molecule has 100 heavy (non-hydrogen) atoms. The number of fused-ring (bicyclic) bond motifs is 12. The van der Waals surface area contributed by atoms with Crippen molar-refractivity contribution in [2.75, 3.05) is 23.9 Å². The molecule has 0 spiro atoms. The number of hydrogen-bond donors (Lipinski definition) is 0. The fourth-order valence-electron chi connectivity index (χ4n) is 16.5. The third kappa shape index (κ3) is 13.6. The van der Waals surface area contributed by atoms with Crippen LogP contribution in [0, 0.1) is 20.5 Å². The summed E-state index contributed by atoms with van der Waals surface area (Å²) >= 11 is 7.74. The molecule has 4 heterocycles. The highest BCUT2D eigenvalue weighted by atomic mass is 79.9. The highest BCUT2D eigenvalue weighted by molar-refractivity contribution is 9.10. The summed E-state index contributed by atoms with van der Waals surface area (Å²) in [6, 6.07) is 81.3. The normalized spacial score (nSPS) is 19.1. The van der Waals surface area contributed by atoms with Crippen LogP contribution in [-0.2, 0) is 47.6 Å². The Morgan fingerprint density at radius 1 is 0.370 bits per heavy atom. The minimum absolute atomic E-state index is 0.274. The molecule has 4 aliphatic rings. The number of hydrogen-bond acceptors (Lipinski definition) is 10. The van der Waals surface area contributed by atoms with Crippen molar-refractivity contribution >= 4 is 109 Å². The van der Waals surface area contributed by atoms with Gasteiger partial charge in [-0.05, 0) is 180 Å². The lowest BCUT2D eigenvalue weighted by Crippen LogP contribution is -2.68. The van der Waals surface area contributed by atoms with Crippen molar-refractivity contribution in [1.82, 2.24) is 0 Å². The van der Waals surface area contributed by atoms with Gasteiger partial charge in [-0.3, -0.25) is 0 Å². The number of benzene rings is 11. The topological polar surface area (TPSA) is 197 Å². The predicted molar refractivity (Wildman–Crippen MR) is 387 cm³/mol. The molecule has 16 heteroatoms. The van der Waals surface area contributed by atoms with Crippen molar-refractivity contribution in [3.05, 3.63) is 320 Å². The molecule has 0 amide bonds. The summed E-state index contributed by atoms with van der Waals surface area (Å²) in [5.74, 6) is 0. The largest absolute Gasteiger partial charge is 0.347 e. The van der Waals surface area contributed by atoms with Gasteiger partial charge >= 0.3 is 0 Å². The average Bonchev–Trinajstić information content (AvgIpc) is 1.58. The second kappa shape index (κ2) is 27.2. The van der Waals surface area contributed by atoms with Crippen molar-refractivity contribution in [2.45, 2.75) is 89.1 Å². The van der Waals surface area contributed by atoms with E-state index in [1.807, 2.05) is 0 Å². The molecule has 15 rings (SSSR count). The van der Waals surface area contributed by atoms with Gasteiger partial charge in [0.15, 0.2) is 24.5 Å². The third-order valence-corrected chi connectivity index (χ3v) is 21.6. The molecule has 0 saturated heterocycles. The van der Waals surface area contributed by atoms with Crippen LogP contribution in [0.3, 0.4) is 0 Å². The van der Waals surface area contributed by atoms with Gasteiger partial charge in [-0.25, -0.2) is 37.3 Å². The minimum Gasteiger partial charge on any atom is -0.347 e. The minimum atomic E-state index is -4.94. The molecular weight excluding hydrogens is 1420 g/mol. The summed E-state index contributed by atoms with van der Waals surface area (Å²) in [5, 5.41) is 10.2. The highest BCUT2D eigenvalue weighted by Gasteiger charge is 2.49. The van der Waals surface area contributed by atoms with E-state index in [4.69, 9.17) is 37.3 Å². The standard InChI is InChI=1S/C84H74Br2N4.2ClHO4/c1-81(2)73(29-19-31-75-83(5,51-55-21-11-9-12-22-55)79-65-27-17-15-25-59(65)39-45-69(79)87(75)7)89(71-47-41-61-37-43-63(85)49-67(61)77(71)81)53-57-33-35-58(36-34-57)54-90-72-48-42-62-38-44-64(86)50-68(62)78(72)82(3,4)74(90)30-20-32-76-84(6,52-56-23-13-10-14-24-56)80-66-28-18-16-26-60(66)40-46-70(80)88(76)8;2*2-1(3,4)5/h9-50H,51-54H2,1-8H3;2*(H,2,3,4,5)/q+2;;/p-2. The van der Waals surface area contributed by atoms with Gasteiger partial charge < -0.3 is 9.80 Å². The summed E-state index contributed by atoms with van der Waals surface area (Å²) in [7, 11) is -5.38. The van der Waals surface area contributed by atoms with E-state index >= 15 is 0 Å². The highest BCUT2D eigenvalue weighted by Crippen LogP contribution is 2.55. The van der Waals surface area contributed by atoms with Crippen LogP contribution in [0.25, 0.3) is 43.1 Å². The van der Waals surface area contributed by atoms with Crippen LogP contribution in [0.4, 0.5) is 22.7 Å². The van der Waals surface area contributed by atoms with Gasteiger partial charge in [-0.15, -0.1) is 20.5 Å². The Morgan fingerprint density at radius 2 is 0.690 bits per heavy atom. The van der Waals surface area contributed by atoms with Crippen LogP contribution < -0.4 is 47.1 Å². The number of anilines is 2. The molecule has 4 aliphatic heterocycles. The zero-order chi connectivity index (χ0) is 70.8. The number of nitrogens with zero attached hydrogens (tertiary/aromatic N) is 4. The Hall–Kier alpha value is -8.42. The lowest BCUT2D eigenvalue weighted by atomic mass is 9.74. The Bertz CT molecular complexity index is 4900. The number of likely N-dealkylation sites (N-methyl/N-ethyl adjacent to an activating group) is 2. The molecule has 2 unspecified atom stereocenters. The van der Waals surface area contributed by atoms with Gasteiger partial charge in [-0.2, -0.15) is 9.15 Å². The van der Waals surface area contributed by atoms with E-state index in [1.165, 1.54) is 133 Å². The van der Waals surface area contributed by atoms with Gasteiger partial charge in [0.1, 0.15) is 0 Å². The first-order valence-electron chi connectivity index (χ1n) is 33.0. The molecule has 0 fully saturated rings. The quantitative estimate of drug-likeness (QED) is 0.106. The summed E-state index contributed by atoms with van der Waals surface area (Å²) < 4.78 is 75.3. The van der Waals surface area contributed by atoms with E-state index in [1.54, 1.807) is 0 Å². The molecule has 11 aromatic carbocycles. The summed E-state index contributed by atoms with van der Waals surface area (Å²) in [4.78, 5) is 4.88. The fraction of sp³-hybridized carbons (Fsp3) is 0.190. The van der Waals surface area contributed by atoms with E-state index in [-0.39, 0.29) is 21.7 Å². The van der Waals surface area contributed by atoms with Gasteiger partial charge in [0.25, 0.3) is 0 Å². The maximum atomic E-state index is 8.49. The lowest BCUT2D eigenvalue weighted by molar-refractivity contribution is -2.00. The smallest absolute Gasteiger partial charge is 0.210 e. The zero-order valence-corrected chi connectivity index (χ0v) is 61.3. The van der Waals surface area contributed by atoms with Crippen molar-refractivity contribution in [3.63, 3.8) is 0 Å². The van der Waals surface area contributed by atoms with Crippen molar-refractivity contribution in [2.24, 2.45) is 0 Å². The SMILES string of the molecule is CN1/C(=C/C=C/C2=[N+](Cc3ccc(C[N+]4=C(/C=C/C=C5/N(C)c6ccc7ccccc7c6C5(C)Cc5ccccc5)C(C)(C)c5c4ccc4ccc(Br)cc54)cc3)c3ccc4ccc(Br)cc4c3C2(C)C)C(C)(Cc2ccccc2)c2c1ccc1ccccc21.[O-][Cl+3]([O-])([O-])[O-].[O-][Cl+3]([O-])([O-])[O-]. The molecule has 2 atom stereocenters. The Balaban J connectivity index is 0.000000839. The summed E-state index contributed by atoms with van der Waals surface area (Å²) in [6.45, 7) is 16.0. The first-order valence-corrected chi connectivity index (χ1v) is 37.0. The Labute approximate surface area is 604 Å². The molecule has 0 bridgehead atoms. The first-order chi connectivity index (χ1) is 47.5. The van der Waals surface area contributed by atoms with Crippen molar-refractivity contribution < 1.29 is 66.9 Å². The average molecular weight is 1500 g/mol. The zero-order valence-electron chi connectivity index (χ0n) is 56.6. The number of halogens is 4. The van der Waals surface area contributed by atoms with Gasteiger partial charge in [-0.1, -0.05) is 202 Å². The van der Waals surface area contributed by atoms with Crippen LogP contribution in [0.2, 0.25) is 0 Å². The van der Waals surface area contributed by atoms with Crippen LogP contribution in [0.1, 0.15) is 86.1 Å². The van der Waals surface area contributed by atoms with Crippen LogP contribution in [-0.4, -0.2) is 34.7 Å². The fourth-order valence-corrected chi connectivity index (χ4v) is 17.2. The molecular formula is C84H74Br2Cl2N4O8. The van der Waals surface area contributed by atoms with Crippen LogP contribution >= 0.6 is 31.9 Å². The van der Waals surface area contributed by atoms with E-state index in [0.29, 0.717) is 0 Å². The maximum Gasteiger partial charge on any atom is 0.210 e. The number of allylic oxidation sites excluding steroid dienone is 8. The Morgan fingerprint density at radius 3 is 1.06 bits per heavy atom. The maximum absolute atomic E-state index is 8.49. The molecule has 0 N–H and O–H groups in total. The predicted octanol–water partition coefficient (Wildman–Crippen LogP) is 11.6. The van der Waals surface area contributed by atoms with Crippen molar-refractivity contribution in [1.29, 1.82) is 0 Å². The van der Waals surface area contributed by atoms with E-state index in [0.717, 1.165) is 34.9 Å². The van der Waals surface area contributed by atoms with E-state index in [9.17, 15) is 0 Å². The number of rotatable bonds is 12. The molecule has 0 aromatic heterocycles. The van der Waals surface area contributed by atoms with Gasteiger partial charge in [0.2, 0.25) is 11.4 Å². The summed E-state index contributed by atoms with van der Waals surface area (Å²) in [5.41, 5.74) is 19.7. The van der Waals surface area contributed by atoms with E-state index in [2.05, 4.69) is 361 Å². The first kappa shape index (κ1) is 70.0. The van der Waals surface area contributed by atoms with Gasteiger partial charge in [0.05, 0.1) is 10.8 Å². The van der Waals surface area contributed by atoms with Crippen LogP contribution in [0.15, 0.2) is 275 Å². The molecule has 11 aromatic rings. The summed E-state index contributed by atoms with van der Waals surface area (Å²) in [6.07, 6.45) is 16.1. The van der Waals surface area contributed by atoms with Crippen LogP contribution in [0.5, 0.6) is 0 Å². The van der Waals surface area contributed by atoms with E-state index < -0.39 is 20.5 Å². The Kier molecular flexibility index (Phi) is 19.0. The molecule has 0 radical (unpaired) electrons. The lowest BCUT2D eigenvalue weighted by Gasteiger charge is -2.29. The molecule has 0 saturated carbocycles. The molecule has 506 valence electrons. The molecule has 12 nitrogen and oxygen atoms in total. The monoisotopic (exact) mass is 1490 g/mol. The van der Waals surface area contributed by atoms with Gasteiger partial charge in [0, 0.05) is 103 Å². The van der Waals surface area contributed by atoms with Crippen molar-refractivity contribution in [3.8, 4) is 0 Å². The molecule has 0 aliphatic carbocycles. The third-order valence-electron chi connectivity index (χ3n) is 20.6.